The number of primary amides is 1. The number of carboxylic acids is 1. The highest BCUT2D eigenvalue weighted by atomic mass is 16.5. The van der Waals surface area contributed by atoms with Crippen molar-refractivity contribution < 1.29 is 43.6 Å². The van der Waals surface area contributed by atoms with Crippen LogP contribution in [-0.4, -0.2) is 74.0 Å². The molecule has 0 aliphatic carbocycles. The molecular weight excluding hydrogens is 402 g/mol. The number of nitrogens with one attached hydrogen (secondary N) is 2. The van der Waals surface area contributed by atoms with Crippen molar-refractivity contribution >= 4 is 29.4 Å². The number of methoxy groups -OCH3 is 1. The number of nitrogens with two attached hydrogens (primary N) is 1. The quantitative estimate of drug-likeness (QED) is 0.192. The molecular formula is C18H25N3O9. The molecule has 0 atom stereocenters. The molecule has 0 fully saturated rings. The van der Waals surface area contributed by atoms with Crippen LogP contribution in [0.5, 0.6) is 11.5 Å². The Balaban J connectivity index is 2.24. The van der Waals surface area contributed by atoms with Gasteiger partial charge in [0.25, 0.3) is 5.91 Å². The Morgan fingerprint density at radius 1 is 1.03 bits per heavy atom. The first-order valence-corrected chi connectivity index (χ1v) is 8.89. The summed E-state index contributed by atoms with van der Waals surface area (Å²) in [6.07, 6.45) is -0.334. The fraction of sp³-hybridized carbons (Fsp3) is 0.444. The van der Waals surface area contributed by atoms with Crippen LogP contribution in [0, 0.1) is 0 Å². The predicted molar refractivity (Wildman–Crippen MR) is 103 cm³/mol. The van der Waals surface area contributed by atoms with E-state index in [0.29, 0.717) is 0 Å². The molecule has 12 nitrogen and oxygen atoms in total. The number of rotatable bonds is 14. The van der Waals surface area contributed by atoms with Crippen molar-refractivity contribution in [2.24, 2.45) is 5.73 Å². The number of benzene rings is 1. The molecule has 12 heteroatoms. The van der Waals surface area contributed by atoms with Crippen molar-refractivity contribution in [3.63, 3.8) is 0 Å². The first-order chi connectivity index (χ1) is 14.3. The zero-order valence-corrected chi connectivity index (χ0v) is 16.4. The number of carbonyl (C=O) groups is 4. The summed E-state index contributed by atoms with van der Waals surface area (Å²) >= 11 is 0. The van der Waals surface area contributed by atoms with Gasteiger partial charge in [0.05, 0.1) is 39.0 Å². The molecule has 0 aliphatic heterocycles. The Morgan fingerprint density at radius 3 is 2.37 bits per heavy atom. The molecule has 0 saturated heterocycles. The van der Waals surface area contributed by atoms with Gasteiger partial charge < -0.3 is 40.8 Å². The van der Waals surface area contributed by atoms with Crippen LogP contribution in [0.3, 0.4) is 0 Å². The number of anilines is 1. The third kappa shape index (κ3) is 8.75. The van der Waals surface area contributed by atoms with E-state index in [-0.39, 0.29) is 68.7 Å². The molecule has 1 rings (SSSR count). The Morgan fingerprint density at radius 2 is 1.73 bits per heavy atom. The van der Waals surface area contributed by atoms with E-state index < -0.39 is 23.5 Å². The number of aliphatic carboxylic acids is 1. The van der Waals surface area contributed by atoms with Crippen LogP contribution in [0.4, 0.5) is 5.69 Å². The van der Waals surface area contributed by atoms with Crippen LogP contribution in [0.2, 0.25) is 0 Å². The average molecular weight is 427 g/mol. The van der Waals surface area contributed by atoms with E-state index >= 15 is 0 Å². The van der Waals surface area contributed by atoms with Gasteiger partial charge in [-0.25, -0.2) is 0 Å². The van der Waals surface area contributed by atoms with Gasteiger partial charge >= 0.3 is 5.97 Å². The largest absolute Gasteiger partial charge is 0.505 e. The number of carboxylic acid groups (broad SMARTS) is 1. The monoisotopic (exact) mass is 427 g/mol. The van der Waals surface area contributed by atoms with Crippen LogP contribution in [-0.2, 0) is 23.9 Å². The molecule has 30 heavy (non-hydrogen) atoms. The SMILES string of the molecule is COc1ccc(NC(=O)COCCOCCNC(=O)CCC(=O)O)c(O)c1C(N)=O. The van der Waals surface area contributed by atoms with E-state index in [1.807, 2.05) is 0 Å². The van der Waals surface area contributed by atoms with E-state index in [1.165, 1.54) is 19.2 Å². The van der Waals surface area contributed by atoms with Gasteiger partial charge in [0.15, 0.2) is 5.75 Å². The molecule has 166 valence electrons. The summed E-state index contributed by atoms with van der Waals surface area (Å²) in [7, 11) is 1.31. The van der Waals surface area contributed by atoms with E-state index in [0.717, 1.165) is 0 Å². The zero-order chi connectivity index (χ0) is 22.5. The molecule has 0 heterocycles. The van der Waals surface area contributed by atoms with Crippen molar-refractivity contribution in [3.8, 4) is 11.5 Å². The van der Waals surface area contributed by atoms with Gasteiger partial charge in [-0.3, -0.25) is 19.2 Å². The Bertz CT molecular complexity index is 768. The third-order valence-corrected chi connectivity index (χ3v) is 3.62. The Kier molecular flexibility index (Phi) is 10.6. The number of hydrogen-bond donors (Lipinski definition) is 5. The fourth-order valence-electron chi connectivity index (χ4n) is 2.22. The zero-order valence-electron chi connectivity index (χ0n) is 16.4. The maximum absolute atomic E-state index is 11.9. The van der Waals surface area contributed by atoms with Gasteiger partial charge in [0.1, 0.15) is 17.9 Å². The smallest absolute Gasteiger partial charge is 0.303 e. The lowest BCUT2D eigenvalue weighted by Gasteiger charge is -2.13. The molecule has 1 aromatic carbocycles. The van der Waals surface area contributed by atoms with Crippen molar-refractivity contribution in [1.29, 1.82) is 0 Å². The van der Waals surface area contributed by atoms with Crippen molar-refractivity contribution in [3.05, 3.63) is 17.7 Å². The lowest BCUT2D eigenvalue weighted by molar-refractivity contribution is -0.138. The van der Waals surface area contributed by atoms with E-state index in [2.05, 4.69) is 10.6 Å². The summed E-state index contributed by atoms with van der Waals surface area (Å²) in [4.78, 5) is 44.9. The first kappa shape index (κ1) is 24.7. The first-order valence-electron chi connectivity index (χ1n) is 8.89. The van der Waals surface area contributed by atoms with Crippen molar-refractivity contribution in [2.75, 3.05) is 45.4 Å². The highest BCUT2D eigenvalue weighted by molar-refractivity contribution is 6.02. The van der Waals surface area contributed by atoms with Crippen LogP contribution < -0.4 is 21.1 Å². The second-order valence-corrected chi connectivity index (χ2v) is 5.86. The van der Waals surface area contributed by atoms with Crippen LogP contribution in [0.15, 0.2) is 12.1 Å². The molecule has 3 amide bonds. The summed E-state index contributed by atoms with van der Waals surface area (Å²) in [5, 5.41) is 23.5. The Labute approximate surface area is 172 Å². The predicted octanol–water partition coefficient (Wildman–Crippen LogP) is -0.548. The van der Waals surface area contributed by atoms with Gasteiger partial charge in [-0.2, -0.15) is 0 Å². The number of amides is 3. The number of aromatic hydroxyl groups is 1. The molecule has 1 aromatic rings. The highest BCUT2D eigenvalue weighted by Crippen LogP contribution is 2.34. The van der Waals surface area contributed by atoms with E-state index in [9.17, 15) is 24.3 Å². The average Bonchev–Trinajstić information content (AvgIpc) is 2.69. The molecule has 0 aromatic heterocycles. The second-order valence-electron chi connectivity index (χ2n) is 5.86. The summed E-state index contributed by atoms with van der Waals surface area (Å²) in [5.41, 5.74) is 4.93. The summed E-state index contributed by atoms with van der Waals surface area (Å²) < 4.78 is 15.3. The molecule has 0 spiro atoms. The third-order valence-electron chi connectivity index (χ3n) is 3.62. The van der Waals surface area contributed by atoms with Gasteiger partial charge in [-0.05, 0) is 12.1 Å². The highest BCUT2D eigenvalue weighted by Gasteiger charge is 2.19. The van der Waals surface area contributed by atoms with Crippen LogP contribution in [0.1, 0.15) is 23.2 Å². The van der Waals surface area contributed by atoms with Gasteiger partial charge in [0.2, 0.25) is 11.8 Å². The summed E-state index contributed by atoms with van der Waals surface area (Å²) in [5.74, 6) is -3.34. The number of phenols is 1. The van der Waals surface area contributed by atoms with Crippen molar-refractivity contribution in [2.45, 2.75) is 12.8 Å². The number of carbonyl (C=O) groups excluding carboxylic acids is 3. The Hall–Kier alpha value is -3.38. The lowest BCUT2D eigenvalue weighted by Crippen LogP contribution is -2.28. The minimum atomic E-state index is -1.04. The van der Waals surface area contributed by atoms with Gasteiger partial charge in [-0.1, -0.05) is 0 Å². The number of ether oxygens (including phenoxy) is 3. The molecule has 0 bridgehead atoms. The summed E-state index contributed by atoms with van der Waals surface area (Å²) in [6.45, 7) is 0.355. The van der Waals surface area contributed by atoms with Crippen molar-refractivity contribution in [1.82, 2.24) is 5.32 Å². The second kappa shape index (κ2) is 13.0. The normalized spacial score (nSPS) is 10.3. The van der Waals surface area contributed by atoms with E-state index in [1.54, 1.807) is 0 Å². The molecule has 0 saturated carbocycles. The standard InChI is InChI=1S/C18H25N3O9/c1-28-12-3-2-11(17(26)16(12)18(19)27)21-14(23)10-30-9-8-29-7-6-20-13(22)4-5-15(24)25/h2-3,26H,4-10H2,1H3,(H2,19,27)(H,20,22)(H,21,23)(H,24,25). The minimum Gasteiger partial charge on any atom is -0.505 e. The fourth-order valence-corrected chi connectivity index (χ4v) is 2.22. The maximum Gasteiger partial charge on any atom is 0.303 e. The minimum absolute atomic E-state index is 0.0203. The molecule has 6 N–H and O–H groups in total. The van der Waals surface area contributed by atoms with Crippen LogP contribution in [0.25, 0.3) is 0 Å². The van der Waals surface area contributed by atoms with Crippen LogP contribution >= 0.6 is 0 Å². The topological polar surface area (TPSA) is 187 Å². The summed E-state index contributed by atoms with van der Waals surface area (Å²) in [6, 6.07) is 2.73. The molecule has 0 unspecified atom stereocenters. The maximum atomic E-state index is 11.9. The van der Waals surface area contributed by atoms with Gasteiger partial charge in [0, 0.05) is 13.0 Å². The molecule has 0 radical (unpaired) electrons. The molecule has 0 aliphatic rings. The number of hydrogen-bond acceptors (Lipinski definition) is 8. The van der Waals surface area contributed by atoms with Gasteiger partial charge in [-0.15, -0.1) is 0 Å². The van der Waals surface area contributed by atoms with E-state index in [4.69, 9.17) is 25.1 Å². The lowest BCUT2D eigenvalue weighted by atomic mass is 10.1.